The Morgan fingerprint density at radius 1 is 1.59 bits per heavy atom. The second-order valence-electron chi connectivity index (χ2n) is 3.76. The van der Waals surface area contributed by atoms with E-state index < -0.39 is 0 Å². The fourth-order valence-electron chi connectivity index (χ4n) is 1.71. The number of hydrogen-bond donors (Lipinski definition) is 1. The minimum Gasteiger partial charge on any atom is -0.383 e. The van der Waals surface area contributed by atoms with Gasteiger partial charge in [-0.05, 0) is 18.7 Å². The van der Waals surface area contributed by atoms with E-state index >= 15 is 0 Å². The van der Waals surface area contributed by atoms with Crippen molar-refractivity contribution in [3.05, 3.63) is 36.7 Å². The van der Waals surface area contributed by atoms with Crippen LogP contribution in [0.4, 0.5) is 5.69 Å². The van der Waals surface area contributed by atoms with E-state index in [0.29, 0.717) is 6.61 Å². The van der Waals surface area contributed by atoms with Gasteiger partial charge in [0, 0.05) is 32.9 Å². The Morgan fingerprint density at radius 3 is 3.06 bits per heavy atom. The van der Waals surface area contributed by atoms with Crippen molar-refractivity contribution < 1.29 is 4.74 Å². The maximum absolute atomic E-state index is 5.13. The topological polar surface area (TPSA) is 37.4 Å². The standard InChI is InChI=1S/C13H21N3O/c1-4-7-16(8-9-17-3)13-11-15-6-5-12(13)10-14-2/h4-6,11,14H,1,7-10H2,2-3H3. The molecule has 17 heavy (non-hydrogen) atoms. The quantitative estimate of drug-likeness (QED) is 0.692. The van der Waals surface area contributed by atoms with Crippen molar-refractivity contribution in [3.63, 3.8) is 0 Å². The van der Waals surface area contributed by atoms with E-state index in [-0.39, 0.29) is 0 Å². The Balaban J connectivity index is 2.86. The van der Waals surface area contributed by atoms with E-state index in [1.807, 2.05) is 31.6 Å². The highest BCUT2D eigenvalue weighted by atomic mass is 16.5. The van der Waals surface area contributed by atoms with Crippen molar-refractivity contribution >= 4 is 5.69 Å². The van der Waals surface area contributed by atoms with Gasteiger partial charge in [-0.2, -0.15) is 0 Å². The second-order valence-corrected chi connectivity index (χ2v) is 3.76. The predicted octanol–water partition coefficient (Wildman–Crippen LogP) is 1.44. The molecule has 0 bridgehead atoms. The minimum atomic E-state index is 0.696. The molecule has 0 amide bonds. The summed E-state index contributed by atoms with van der Waals surface area (Å²) in [4.78, 5) is 6.41. The van der Waals surface area contributed by atoms with Crippen LogP contribution in [0.25, 0.3) is 0 Å². The lowest BCUT2D eigenvalue weighted by molar-refractivity contribution is 0.205. The fourth-order valence-corrected chi connectivity index (χ4v) is 1.71. The van der Waals surface area contributed by atoms with E-state index in [4.69, 9.17) is 4.74 Å². The van der Waals surface area contributed by atoms with Crippen LogP contribution in [0.1, 0.15) is 5.56 Å². The first-order valence-electron chi connectivity index (χ1n) is 5.75. The molecule has 0 saturated carbocycles. The van der Waals surface area contributed by atoms with Crippen LogP contribution in [0, 0.1) is 0 Å². The molecule has 0 atom stereocenters. The largest absolute Gasteiger partial charge is 0.383 e. The zero-order chi connectivity index (χ0) is 12.5. The van der Waals surface area contributed by atoms with E-state index in [0.717, 1.165) is 25.3 Å². The Hall–Kier alpha value is -1.39. The summed E-state index contributed by atoms with van der Waals surface area (Å²) < 4.78 is 5.13. The molecule has 1 rings (SSSR count). The molecule has 0 fully saturated rings. The average molecular weight is 235 g/mol. The molecule has 1 N–H and O–H groups in total. The molecule has 1 aromatic heterocycles. The SMILES string of the molecule is C=CCN(CCOC)c1cnccc1CNC. The van der Waals surface area contributed by atoms with Gasteiger partial charge in [-0.25, -0.2) is 0 Å². The monoisotopic (exact) mass is 235 g/mol. The van der Waals surface area contributed by atoms with Crippen molar-refractivity contribution in [2.75, 3.05) is 38.8 Å². The van der Waals surface area contributed by atoms with E-state index in [9.17, 15) is 0 Å². The summed E-state index contributed by atoms with van der Waals surface area (Å²) in [5, 5.41) is 3.17. The number of ether oxygens (including phenoxy) is 1. The Bertz CT molecular complexity index is 341. The highest BCUT2D eigenvalue weighted by Gasteiger charge is 2.09. The summed E-state index contributed by atoms with van der Waals surface area (Å²) in [5.74, 6) is 0. The van der Waals surface area contributed by atoms with Gasteiger partial charge < -0.3 is 15.0 Å². The number of nitrogens with one attached hydrogen (secondary N) is 1. The van der Waals surface area contributed by atoms with Gasteiger partial charge in [0.1, 0.15) is 0 Å². The Kier molecular flexibility index (Phi) is 6.29. The van der Waals surface area contributed by atoms with Crippen LogP contribution < -0.4 is 10.2 Å². The molecular weight excluding hydrogens is 214 g/mol. The van der Waals surface area contributed by atoms with Gasteiger partial charge in [-0.1, -0.05) is 6.08 Å². The van der Waals surface area contributed by atoms with E-state index in [1.165, 1.54) is 5.56 Å². The third-order valence-electron chi connectivity index (χ3n) is 2.51. The van der Waals surface area contributed by atoms with Gasteiger partial charge in [-0.15, -0.1) is 6.58 Å². The molecule has 0 aliphatic carbocycles. The maximum Gasteiger partial charge on any atom is 0.0637 e. The average Bonchev–Trinajstić information content (AvgIpc) is 2.36. The molecule has 0 aromatic carbocycles. The molecule has 4 nitrogen and oxygen atoms in total. The highest BCUT2D eigenvalue weighted by Crippen LogP contribution is 2.18. The number of methoxy groups -OCH3 is 1. The van der Waals surface area contributed by atoms with Gasteiger partial charge >= 0.3 is 0 Å². The third-order valence-corrected chi connectivity index (χ3v) is 2.51. The van der Waals surface area contributed by atoms with E-state index in [2.05, 4.69) is 21.8 Å². The van der Waals surface area contributed by atoms with Crippen LogP contribution >= 0.6 is 0 Å². The molecule has 0 saturated heterocycles. The molecule has 0 unspecified atom stereocenters. The molecule has 0 aliphatic heterocycles. The van der Waals surface area contributed by atoms with Crippen molar-refractivity contribution in [2.24, 2.45) is 0 Å². The fraction of sp³-hybridized carbons (Fsp3) is 0.462. The van der Waals surface area contributed by atoms with Gasteiger partial charge in [0.05, 0.1) is 18.5 Å². The van der Waals surface area contributed by atoms with E-state index in [1.54, 1.807) is 7.11 Å². The summed E-state index contributed by atoms with van der Waals surface area (Å²) in [6.45, 7) is 6.95. The predicted molar refractivity (Wildman–Crippen MR) is 71.3 cm³/mol. The second kappa shape index (κ2) is 7.81. The maximum atomic E-state index is 5.13. The summed E-state index contributed by atoms with van der Waals surface area (Å²) in [6.07, 6.45) is 5.61. The molecule has 4 heteroatoms. The lowest BCUT2D eigenvalue weighted by Gasteiger charge is -2.25. The van der Waals surface area contributed by atoms with Gasteiger partial charge in [0.25, 0.3) is 0 Å². The first-order chi connectivity index (χ1) is 8.33. The lowest BCUT2D eigenvalue weighted by Crippen LogP contribution is -2.29. The Morgan fingerprint density at radius 2 is 2.41 bits per heavy atom. The first-order valence-corrected chi connectivity index (χ1v) is 5.75. The normalized spacial score (nSPS) is 10.2. The zero-order valence-corrected chi connectivity index (χ0v) is 10.6. The molecule has 1 heterocycles. The zero-order valence-electron chi connectivity index (χ0n) is 10.6. The summed E-state index contributed by atoms with van der Waals surface area (Å²) in [5.41, 5.74) is 2.37. The Labute approximate surface area is 103 Å². The lowest BCUT2D eigenvalue weighted by atomic mass is 10.2. The number of aromatic nitrogens is 1. The van der Waals surface area contributed by atoms with Crippen molar-refractivity contribution in [1.82, 2.24) is 10.3 Å². The first kappa shape index (κ1) is 13.7. The minimum absolute atomic E-state index is 0.696. The van der Waals surface area contributed by atoms with Crippen molar-refractivity contribution in [2.45, 2.75) is 6.54 Å². The summed E-state index contributed by atoms with van der Waals surface area (Å²) in [7, 11) is 3.65. The van der Waals surface area contributed by atoms with Crippen molar-refractivity contribution in [3.8, 4) is 0 Å². The molecule has 94 valence electrons. The third kappa shape index (κ3) is 4.17. The van der Waals surface area contributed by atoms with Gasteiger partial charge in [-0.3, -0.25) is 4.98 Å². The van der Waals surface area contributed by atoms with Crippen LogP contribution in [-0.2, 0) is 11.3 Å². The summed E-state index contributed by atoms with van der Waals surface area (Å²) >= 11 is 0. The number of rotatable bonds is 8. The van der Waals surface area contributed by atoms with Crippen LogP contribution in [0.3, 0.4) is 0 Å². The van der Waals surface area contributed by atoms with Gasteiger partial charge in [0.15, 0.2) is 0 Å². The van der Waals surface area contributed by atoms with Crippen LogP contribution in [-0.4, -0.2) is 38.8 Å². The smallest absolute Gasteiger partial charge is 0.0637 e. The molecule has 0 spiro atoms. The molecule has 0 radical (unpaired) electrons. The number of hydrogen-bond acceptors (Lipinski definition) is 4. The van der Waals surface area contributed by atoms with Crippen molar-refractivity contribution in [1.29, 1.82) is 0 Å². The van der Waals surface area contributed by atoms with Crippen LogP contribution in [0.15, 0.2) is 31.1 Å². The van der Waals surface area contributed by atoms with Crippen LogP contribution in [0.5, 0.6) is 0 Å². The summed E-state index contributed by atoms with van der Waals surface area (Å²) in [6, 6.07) is 2.04. The molecule has 0 aliphatic rings. The highest BCUT2D eigenvalue weighted by molar-refractivity contribution is 5.52. The van der Waals surface area contributed by atoms with Gasteiger partial charge in [0.2, 0.25) is 0 Å². The number of nitrogens with zero attached hydrogens (tertiary/aromatic N) is 2. The van der Waals surface area contributed by atoms with Crippen LogP contribution in [0.2, 0.25) is 0 Å². The molecule has 1 aromatic rings. The number of pyridine rings is 1. The number of anilines is 1. The molecular formula is C13H21N3O.